The minimum atomic E-state index is 0.427. The molecule has 1 nitrogen and oxygen atoms in total. The first-order chi connectivity index (χ1) is 8.70. The fraction of sp³-hybridized carbons (Fsp3) is 0.333. The van der Waals surface area contributed by atoms with E-state index in [9.17, 15) is 0 Å². The van der Waals surface area contributed by atoms with Crippen molar-refractivity contribution in [3.05, 3.63) is 46.3 Å². The van der Waals surface area contributed by atoms with Crippen LogP contribution in [0.1, 0.15) is 31.2 Å². The fourth-order valence-electron chi connectivity index (χ4n) is 1.82. The quantitative estimate of drug-likeness (QED) is 0.800. The van der Waals surface area contributed by atoms with Crippen LogP contribution in [0.4, 0.5) is 0 Å². The first-order valence-corrected chi connectivity index (χ1v) is 7.49. The van der Waals surface area contributed by atoms with Crippen LogP contribution in [0.2, 0.25) is 5.02 Å². The summed E-state index contributed by atoms with van der Waals surface area (Å²) in [6.07, 6.45) is 1.17. The van der Waals surface area contributed by atoms with E-state index in [1.165, 1.54) is 21.7 Å². The summed E-state index contributed by atoms with van der Waals surface area (Å²) in [5, 5.41) is 4.30. The zero-order valence-electron chi connectivity index (χ0n) is 10.7. The molecule has 0 amide bonds. The zero-order valence-corrected chi connectivity index (χ0v) is 12.3. The van der Waals surface area contributed by atoms with Gasteiger partial charge >= 0.3 is 0 Å². The number of hydrogen-bond donors (Lipinski definition) is 1. The lowest BCUT2D eigenvalue weighted by Gasteiger charge is -2.10. The lowest BCUT2D eigenvalue weighted by atomic mass is 10.2. The Morgan fingerprint density at radius 1 is 1.17 bits per heavy atom. The van der Waals surface area contributed by atoms with E-state index in [1.807, 2.05) is 23.5 Å². The SMILES string of the molecule is CCCNC(C)c1ccc(-c2ccc(Cl)cc2)s1. The lowest BCUT2D eigenvalue weighted by molar-refractivity contribution is 0.578. The number of benzene rings is 1. The molecular weight excluding hydrogens is 262 g/mol. The molecule has 2 aromatic rings. The summed E-state index contributed by atoms with van der Waals surface area (Å²) in [5.41, 5.74) is 1.23. The van der Waals surface area contributed by atoms with Crippen molar-refractivity contribution in [3.63, 3.8) is 0 Å². The molecule has 18 heavy (non-hydrogen) atoms. The minimum absolute atomic E-state index is 0.427. The van der Waals surface area contributed by atoms with E-state index in [-0.39, 0.29) is 0 Å². The van der Waals surface area contributed by atoms with Gasteiger partial charge in [0.15, 0.2) is 0 Å². The van der Waals surface area contributed by atoms with Crippen molar-refractivity contribution in [2.24, 2.45) is 0 Å². The van der Waals surface area contributed by atoms with Crippen molar-refractivity contribution >= 4 is 22.9 Å². The fourth-order valence-corrected chi connectivity index (χ4v) is 2.98. The van der Waals surface area contributed by atoms with Crippen LogP contribution in [0.5, 0.6) is 0 Å². The topological polar surface area (TPSA) is 12.0 Å². The van der Waals surface area contributed by atoms with Gasteiger partial charge in [0, 0.05) is 20.8 Å². The molecule has 1 unspecified atom stereocenters. The first kappa shape index (κ1) is 13.6. The summed E-state index contributed by atoms with van der Waals surface area (Å²) >= 11 is 7.75. The van der Waals surface area contributed by atoms with Crippen molar-refractivity contribution < 1.29 is 0 Å². The average Bonchev–Trinajstić information content (AvgIpc) is 2.86. The van der Waals surface area contributed by atoms with E-state index < -0.39 is 0 Å². The van der Waals surface area contributed by atoms with Gasteiger partial charge in [-0.25, -0.2) is 0 Å². The van der Waals surface area contributed by atoms with Crippen LogP contribution >= 0.6 is 22.9 Å². The van der Waals surface area contributed by atoms with Crippen LogP contribution in [-0.4, -0.2) is 6.54 Å². The molecular formula is C15H18ClNS. The molecule has 1 heterocycles. The summed E-state index contributed by atoms with van der Waals surface area (Å²) in [6.45, 7) is 5.47. The van der Waals surface area contributed by atoms with E-state index in [0.29, 0.717) is 6.04 Å². The number of thiophene rings is 1. The van der Waals surface area contributed by atoms with E-state index in [1.54, 1.807) is 0 Å². The van der Waals surface area contributed by atoms with Crippen molar-refractivity contribution in [2.45, 2.75) is 26.3 Å². The molecule has 0 aliphatic heterocycles. The van der Waals surface area contributed by atoms with Gasteiger partial charge in [-0.3, -0.25) is 0 Å². The standard InChI is InChI=1S/C15H18ClNS/c1-3-10-17-11(2)14-8-9-15(18-14)12-4-6-13(16)7-5-12/h4-9,11,17H,3,10H2,1-2H3. The summed E-state index contributed by atoms with van der Waals surface area (Å²) < 4.78 is 0. The number of nitrogens with one attached hydrogen (secondary N) is 1. The van der Waals surface area contributed by atoms with E-state index in [4.69, 9.17) is 11.6 Å². The summed E-state index contributed by atoms with van der Waals surface area (Å²) in [4.78, 5) is 2.68. The largest absolute Gasteiger partial charge is 0.309 e. The molecule has 0 bridgehead atoms. The molecule has 0 aliphatic rings. The predicted octanol–water partition coefficient (Wildman–Crippen LogP) is 5.13. The summed E-state index contributed by atoms with van der Waals surface area (Å²) in [5.74, 6) is 0. The molecule has 2 rings (SSSR count). The van der Waals surface area contributed by atoms with Crippen molar-refractivity contribution in [1.29, 1.82) is 0 Å². The van der Waals surface area contributed by atoms with Crippen LogP contribution in [0.25, 0.3) is 10.4 Å². The molecule has 1 aromatic heterocycles. The number of halogens is 1. The summed E-state index contributed by atoms with van der Waals surface area (Å²) in [6, 6.07) is 12.8. The maximum absolute atomic E-state index is 5.91. The van der Waals surface area contributed by atoms with Gasteiger partial charge in [0.05, 0.1) is 0 Å². The molecule has 0 fully saturated rings. The predicted molar refractivity (Wildman–Crippen MR) is 81.5 cm³/mol. The smallest absolute Gasteiger partial charge is 0.0406 e. The maximum Gasteiger partial charge on any atom is 0.0406 e. The molecule has 1 N–H and O–H groups in total. The van der Waals surface area contributed by atoms with Gasteiger partial charge in [0.2, 0.25) is 0 Å². The second-order valence-corrected chi connectivity index (χ2v) is 5.94. The molecule has 0 spiro atoms. The Hall–Kier alpha value is -0.830. The van der Waals surface area contributed by atoms with E-state index in [0.717, 1.165) is 11.6 Å². The molecule has 96 valence electrons. The number of hydrogen-bond acceptors (Lipinski definition) is 2. The monoisotopic (exact) mass is 279 g/mol. The van der Waals surface area contributed by atoms with E-state index >= 15 is 0 Å². The van der Waals surface area contributed by atoms with Crippen molar-refractivity contribution in [2.75, 3.05) is 6.54 Å². The highest BCUT2D eigenvalue weighted by atomic mass is 35.5. The van der Waals surface area contributed by atoms with Gasteiger partial charge in [-0.2, -0.15) is 0 Å². The molecule has 1 aromatic carbocycles. The Morgan fingerprint density at radius 3 is 2.56 bits per heavy atom. The highest BCUT2D eigenvalue weighted by Gasteiger charge is 2.08. The van der Waals surface area contributed by atoms with E-state index in [2.05, 4.69) is 43.4 Å². The maximum atomic E-state index is 5.91. The van der Waals surface area contributed by atoms with Gasteiger partial charge in [-0.1, -0.05) is 30.7 Å². The van der Waals surface area contributed by atoms with Gasteiger partial charge in [0.25, 0.3) is 0 Å². The zero-order chi connectivity index (χ0) is 13.0. The Morgan fingerprint density at radius 2 is 1.89 bits per heavy atom. The van der Waals surface area contributed by atoms with Gasteiger partial charge in [0.1, 0.15) is 0 Å². The third-order valence-electron chi connectivity index (χ3n) is 2.88. The van der Waals surface area contributed by atoms with Crippen LogP contribution < -0.4 is 5.32 Å². The average molecular weight is 280 g/mol. The second-order valence-electron chi connectivity index (χ2n) is 4.38. The molecule has 0 saturated heterocycles. The molecule has 0 aliphatic carbocycles. The lowest BCUT2D eigenvalue weighted by Crippen LogP contribution is -2.18. The third-order valence-corrected chi connectivity index (χ3v) is 4.45. The Bertz CT molecular complexity index is 489. The molecule has 1 atom stereocenters. The second kappa shape index (κ2) is 6.37. The van der Waals surface area contributed by atoms with Crippen molar-refractivity contribution in [1.82, 2.24) is 5.32 Å². The Kier molecular flexibility index (Phi) is 4.81. The van der Waals surface area contributed by atoms with Gasteiger partial charge in [-0.05, 0) is 49.7 Å². The van der Waals surface area contributed by atoms with Crippen LogP contribution in [0.3, 0.4) is 0 Å². The normalized spacial score (nSPS) is 12.6. The Balaban J connectivity index is 2.12. The van der Waals surface area contributed by atoms with Gasteiger partial charge in [-0.15, -0.1) is 11.3 Å². The molecule has 0 radical (unpaired) electrons. The highest BCUT2D eigenvalue weighted by Crippen LogP contribution is 2.31. The Labute approximate surface area is 118 Å². The first-order valence-electron chi connectivity index (χ1n) is 6.29. The highest BCUT2D eigenvalue weighted by molar-refractivity contribution is 7.15. The van der Waals surface area contributed by atoms with Crippen LogP contribution in [0.15, 0.2) is 36.4 Å². The number of rotatable bonds is 5. The van der Waals surface area contributed by atoms with Crippen LogP contribution in [0, 0.1) is 0 Å². The van der Waals surface area contributed by atoms with Gasteiger partial charge < -0.3 is 5.32 Å². The third kappa shape index (κ3) is 3.35. The molecule has 3 heteroatoms. The molecule has 0 saturated carbocycles. The van der Waals surface area contributed by atoms with Crippen LogP contribution in [-0.2, 0) is 0 Å². The van der Waals surface area contributed by atoms with Crippen molar-refractivity contribution in [3.8, 4) is 10.4 Å². The minimum Gasteiger partial charge on any atom is -0.309 e. The summed E-state index contributed by atoms with van der Waals surface area (Å²) in [7, 11) is 0.